The molecular formula is C23H23Br2ClN4O3. The molecule has 2 aliphatic rings. The molecule has 0 atom stereocenters. The van der Waals surface area contributed by atoms with Crippen LogP contribution in [0.3, 0.4) is 0 Å². The van der Waals surface area contributed by atoms with Crippen molar-refractivity contribution in [1.29, 1.82) is 0 Å². The van der Waals surface area contributed by atoms with Crippen LogP contribution in [0, 0.1) is 0 Å². The maximum absolute atomic E-state index is 12.7. The highest BCUT2D eigenvalue weighted by Gasteiger charge is 2.33. The van der Waals surface area contributed by atoms with Gasteiger partial charge in [0.05, 0.1) is 12.2 Å². The highest BCUT2D eigenvalue weighted by Crippen LogP contribution is 2.33. The first-order valence-corrected chi connectivity index (χ1v) is 12.6. The van der Waals surface area contributed by atoms with Crippen LogP contribution in [0.2, 0.25) is 5.02 Å². The number of nitrogen functional groups attached to an aromatic ring is 1. The first-order valence-electron chi connectivity index (χ1n) is 10.6. The van der Waals surface area contributed by atoms with E-state index in [0.29, 0.717) is 57.7 Å². The normalized spacial score (nSPS) is 16.4. The number of anilines is 2. The lowest BCUT2D eigenvalue weighted by molar-refractivity contribution is -0.132. The zero-order valence-electron chi connectivity index (χ0n) is 17.7. The number of hydrogen-bond acceptors (Lipinski definition) is 4. The van der Waals surface area contributed by atoms with Gasteiger partial charge in [0, 0.05) is 62.8 Å². The maximum atomic E-state index is 12.7. The van der Waals surface area contributed by atoms with E-state index in [1.54, 1.807) is 21.9 Å². The Balaban J connectivity index is 1.30. The molecule has 0 radical (unpaired) electrons. The average molecular weight is 599 g/mol. The summed E-state index contributed by atoms with van der Waals surface area (Å²) in [5.74, 6) is -0.160. The summed E-state index contributed by atoms with van der Waals surface area (Å²) < 4.78 is 1.28. The van der Waals surface area contributed by atoms with Crippen molar-refractivity contribution in [1.82, 2.24) is 9.80 Å². The molecule has 3 N–H and O–H groups in total. The molecule has 2 heterocycles. The van der Waals surface area contributed by atoms with E-state index in [0.717, 1.165) is 11.3 Å². The molecule has 0 bridgehead atoms. The minimum absolute atomic E-state index is 0.0320. The van der Waals surface area contributed by atoms with Crippen LogP contribution in [-0.4, -0.2) is 46.7 Å². The molecule has 1 fully saturated rings. The fourth-order valence-electron chi connectivity index (χ4n) is 4.26. The van der Waals surface area contributed by atoms with E-state index in [2.05, 4.69) is 37.2 Å². The Morgan fingerprint density at radius 3 is 2.45 bits per heavy atom. The predicted molar refractivity (Wildman–Crippen MR) is 135 cm³/mol. The molecule has 0 aromatic heterocycles. The monoisotopic (exact) mass is 596 g/mol. The fourth-order valence-corrected chi connectivity index (χ4v) is 5.68. The number of halogens is 3. The minimum Gasteiger partial charge on any atom is -0.397 e. The number of piperidine rings is 1. The lowest BCUT2D eigenvalue weighted by Gasteiger charge is -2.40. The topological polar surface area (TPSA) is 95.7 Å². The first-order chi connectivity index (χ1) is 15.7. The number of urea groups is 1. The summed E-state index contributed by atoms with van der Waals surface area (Å²) in [6.45, 7) is 1.56. The molecule has 4 rings (SSSR count). The van der Waals surface area contributed by atoms with Crippen LogP contribution >= 0.6 is 43.5 Å². The van der Waals surface area contributed by atoms with Crippen LogP contribution in [-0.2, 0) is 11.3 Å². The fraction of sp³-hybridized carbons (Fsp3) is 0.348. The number of carbonyl (C=O) groups excluding carboxylic acids is 3. The summed E-state index contributed by atoms with van der Waals surface area (Å²) in [7, 11) is 0. The highest BCUT2D eigenvalue weighted by atomic mass is 79.9. The van der Waals surface area contributed by atoms with Gasteiger partial charge in [0.2, 0.25) is 5.91 Å². The number of likely N-dealkylation sites (tertiary alicyclic amines) is 1. The molecule has 33 heavy (non-hydrogen) atoms. The summed E-state index contributed by atoms with van der Waals surface area (Å²) in [4.78, 5) is 41.4. The Hall–Kier alpha value is -2.10. The van der Waals surface area contributed by atoms with E-state index in [1.807, 2.05) is 18.2 Å². The van der Waals surface area contributed by atoms with Crippen LogP contribution in [0.5, 0.6) is 0 Å². The average Bonchev–Trinajstić information content (AvgIpc) is 2.80. The molecule has 10 heteroatoms. The molecule has 174 valence electrons. The second-order valence-electron chi connectivity index (χ2n) is 8.21. The van der Waals surface area contributed by atoms with E-state index in [-0.39, 0.29) is 36.6 Å². The number of carbonyl (C=O) groups is 3. The summed E-state index contributed by atoms with van der Waals surface area (Å²) in [5, 5.41) is 3.55. The molecule has 0 saturated carbocycles. The summed E-state index contributed by atoms with van der Waals surface area (Å²) in [5.41, 5.74) is 8.57. The second kappa shape index (κ2) is 10.0. The molecule has 0 aliphatic carbocycles. The van der Waals surface area contributed by atoms with Crippen molar-refractivity contribution < 1.29 is 14.4 Å². The second-order valence-corrected chi connectivity index (χ2v) is 10.3. The van der Waals surface area contributed by atoms with Gasteiger partial charge in [-0.2, -0.15) is 0 Å². The maximum Gasteiger partial charge on any atom is 0.322 e. The van der Waals surface area contributed by atoms with E-state index in [4.69, 9.17) is 17.3 Å². The lowest BCUT2D eigenvalue weighted by atomic mass is 10.00. The molecule has 1 saturated heterocycles. The van der Waals surface area contributed by atoms with E-state index in [9.17, 15) is 14.4 Å². The Bertz CT molecular complexity index is 1100. The third-order valence-electron chi connectivity index (χ3n) is 6.17. The number of nitrogens with two attached hydrogens (primary N) is 1. The number of nitrogens with zero attached hydrogens (tertiary/aromatic N) is 2. The van der Waals surface area contributed by atoms with Crippen molar-refractivity contribution in [2.75, 3.05) is 24.1 Å². The number of benzene rings is 2. The third kappa shape index (κ3) is 5.20. The highest BCUT2D eigenvalue weighted by molar-refractivity contribution is 9.11. The van der Waals surface area contributed by atoms with Gasteiger partial charge in [-0.15, -0.1) is 0 Å². The molecule has 2 aliphatic heterocycles. The smallest absolute Gasteiger partial charge is 0.322 e. The Morgan fingerprint density at radius 2 is 1.79 bits per heavy atom. The zero-order valence-corrected chi connectivity index (χ0v) is 21.7. The number of nitrogens with one attached hydrogen (secondary N) is 1. The Labute approximate surface area is 213 Å². The zero-order chi connectivity index (χ0) is 23.7. The molecular weight excluding hydrogens is 576 g/mol. The van der Waals surface area contributed by atoms with Gasteiger partial charge in [-0.3, -0.25) is 9.59 Å². The van der Waals surface area contributed by atoms with Crippen LogP contribution in [0.25, 0.3) is 0 Å². The summed E-state index contributed by atoms with van der Waals surface area (Å²) >= 11 is 13.0. The van der Waals surface area contributed by atoms with Crippen molar-refractivity contribution in [3.63, 3.8) is 0 Å². The standard InChI is InChI=1S/C23H23Br2ClN4O3/c24-16-10-13(11-17(25)22(16)27)20(31)4-5-21(32)29-8-6-14(7-9-29)30-12-15-18(26)2-1-3-19(15)28-23(30)33/h1-3,10-11,14H,4-9,12,27H2,(H,28,33). The lowest BCUT2D eigenvalue weighted by Crippen LogP contribution is -2.51. The summed E-state index contributed by atoms with van der Waals surface area (Å²) in [6.07, 6.45) is 1.65. The van der Waals surface area contributed by atoms with Gasteiger partial charge < -0.3 is 20.9 Å². The summed E-state index contributed by atoms with van der Waals surface area (Å²) in [6, 6.07) is 8.72. The van der Waals surface area contributed by atoms with Crippen molar-refractivity contribution >= 4 is 72.6 Å². The molecule has 2 aromatic carbocycles. The molecule has 0 unspecified atom stereocenters. The first kappa shape index (κ1) is 24.0. The van der Waals surface area contributed by atoms with Crippen LogP contribution < -0.4 is 11.1 Å². The van der Waals surface area contributed by atoms with Gasteiger partial charge in [0.15, 0.2) is 5.78 Å². The van der Waals surface area contributed by atoms with Crippen LogP contribution in [0.15, 0.2) is 39.3 Å². The van der Waals surface area contributed by atoms with Gasteiger partial charge in [-0.05, 0) is 69.0 Å². The number of ketones is 1. The van der Waals surface area contributed by atoms with Crippen LogP contribution in [0.1, 0.15) is 41.6 Å². The van der Waals surface area contributed by atoms with E-state index >= 15 is 0 Å². The number of amides is 3. The van der Waals surface area contributed by atoms with Gasteiger partial charge in [-0.25, -0.2) is 4.79 Å². The molecule has 3 amide bonds. The van der Waals surface area contributed by atoms with Crippen molar-refractivity contribution in [2.24, 2.45) is 0 Å². The molecule has 0 spiro atoms. The third-order valence-corrected chi connectivity index (χ3v) is 7.84. The molecule has 7 nitrogen and oxygen atoms in total. The number of rotatable bonds is 5. The van der Waals surface area contributed by atoms with Crippen LogP contribution in [0.4, 0.5) is 16.2 Å². The largest absolute Gasteiger partial charge is 0.397 e. The van der Waals surface area contributed by atoms with Gasteiger partial charge in [0.1, 0.15) is 0 Å². The van der Waals surface area contributed by atoms with Crippen molar-refractivity contribution in [3.05, 3.63) is 55.4 Å². The van der Waals surface area contributed by atoms with Gasteiger partial charge in [0.25, 0.3) is 0 Å². The van der Waals surface area contributed by atoms with Gasteiger partial charge in [-0.1, -0.05) is 17.7 Å². The quantitative estimate of drug-likeness (QED) is 0.354. The number of hydrogen-bond donors (Lipinski definition) is 2. The molecule has 2 aromatic rings. The number of Topliss-reactive ketones (excluding diaryl/α,β-unsaturated/α-hetero) is 1. The number of fused-ring (bicyclic) bond motifs is 1. The van der Waals surface area contributed by atoms with Crippen molar-refractivity contribution in [3.8, 4) is 0 Å². The predicted octanol–water partition coefficient (Wildman–Crippen LogP) is 5.45. The Morgan fingerprint density at radius 1 is 1.12 bits per heavy atom. The van der Waals surface area contributed by atoms with E-state index < -0.39 is 0 Å². The van der Waals surface area contributed by atoms with Gasteiger partial charge >= 0.3 is 6.03 Å². The van der Waals surface area contributed by atoms with E-state index in [1.165, 1.54) is 0 Å². The minimum atomic E-state index is -0.138. The SMILES string of the molecule is Nc1c(Br)cc(C(=O)CCC(=O)N2CCC(N3Cc4c(Cl)cccc4NC3=O)CC2)cc1Br. The van der Waals surface area contributed by atoms with Crippen molar-refractivity contribution in [2.45, 2.75) is 38.3 Å². The Kier molecular flexibility index (Phi) is 7.31.